The molecule has 0 radical (unpaired) electrons. The Labute approximate surface area is 144 Å². The largest absolute Gasteiger partial charge is 0.507 e. The van der Waals surface area contributed by atoms with Crippen molar-refractivity contribution in [1.29, 1.82) is 0 Å². The van der Waals surface area contributed by atoms with Gasteiger partial charge >= 0.3 is 5.97 Å². The van der Waals surface area contributed by atoms with Gasteiger partial charge in [0.05, 0.1) is 0 Å². The van der Waals surface area contributed by atoms with Gasteiger partial charge in [-0.05, 0) is 42.5 Å². The first-order valence-corrected chi connectivity index (χ1v) is 7.47. The number of amides is 1. The van der Waals surface area contributed by atoms with E-state index >= 15 is 0 Å². The van der Waals surface area contributed by atoms with Gasteiger partial charge in [0.1, 0.15) is 11.3 Å². The Kier molecular flexibility index (Phi) is 5.65. The van der Waals surface area contributed by atoms with Crippen molar-refractivity contribution in [3.63, 3.8) is 0 Å². The lowest BCUT2D eigenvalue weighted by Crippen LogP contribution is -2.21. The fraction of sp³-hybridized carbons (Fsp3) is 0.176. The molecule has 2 N–H and O–H groups in total. The van der Waals surface area contributed by atoms with Gasteiger partial charge < -0.3 is 20.1 Å². The lowest BCUT2D eigenvalue weighted by molar-refractivity contribution is -0.119. The van der Waals surface area contributed by atoms with Gasteiger partial charge in [-0.1, -0.05) is 11.6 Å². The predicted molar refractivity (Wildman–Crippen MR) is 92.8 cm³/mol. The number of nitrogens with zero attached hydrogens (tertiary/aromatic N) is 1. The molecule has 0 aliphatic carbocycles. The smallest absolute Gasteiger partial charge is 0.342 e. The number of nitrogens with one attached hydrogen (secondary N) is 1. The van der Waals surface area contributed by atoms with Crippen LogP contribution in [0.1, 0.15) is 10.4 Å². The van der Waals surface area contributed by atoms with E-state index in [0.29, 0.717) is 10.7 Å². The molecule has 24 heavy (non-hydrogen) atoms. The Morgan fingerprint density at radius 3 is 2.42 bits per heavy atom. The molecule has 7 heteroatoms. The Balaban J connectivity index is 1.89. The Morgan fingerprint density at radius 2 is 1.83 bits per heavy atom. The van der Waals surface area contributed by atoms with Gasteiger partial charge in [-0.15, -0.1) is 0 Å². The number of halogens is 1. The summed E-state index contributed by atoms with van der Waals surface area (Å²) < 4.78 is 4.88. The summed E-state index contributed by atoms with van der Waals surface area (Å²) in [6, 6.07) is 11.2. The van der Waals surface area contributed by atoms with E-state index in [1.165, 1.54) is 18.2 Å². The summed E-state index contributed by atoms with van der Waals surface area (Å²) in [4.78, 5) is 25.6. The fourth-order valence-corrected chi connectivity index (χ4v) is 2.09. The number of aromatic hydroxyl groups is 1. The van der Waals surface area contributed by atoms with Gasteiger partial charge in [-0.2, -0.15) is 0 Å². The van der Waals surface area contributed by atoms with E-state index in [1.807, 2.05) is 31.1 Å². The summed E-state index contributed by atoms with van der Waals surface area (Å²) in [7, 11) is 3.83. The third-order valence-electron chi connectivity index (χ3n) is 3.18. The summed E-state index contributed by atoms with van der Waals surface area (Å²) in [5.74, 6) is -1.58. The minimum atomic E-state index is -0.803. The second-order valence-corrected chi connectivity index (χ2v) is 5.66. The average molecular weight is 349 g/mol. The minimum Gasteiger partial charge on any atom is -0.507 e. The van der Waals surface area contributed by atoms with Crippen LogP contribution in [0.2, 0.25) is 5.02 Å². The third-order valence-corrected chi connectivity index (χ3v) is 3.42. The molecule has 0 aliphatic heterocycles. The van der Waals surface area contributed by atoms with Gasteiger partial charge in [0.15, 0.2) is 6.61 Å². The molecule has 0 aliphatic rings. The second-order valence-electron chi connectivity index (χ2n) is 5.23. The van der Waals surface area contributed by atoms with Crippen LogP contribution in [0.25, 0.3) is 0 Å². The zero-order chi connectivity index (χ0) is 17.7. The quantitative estimate of drug-likeness (QED) is 0.812. The van der Waals surface area contributed by atoms with Crippen molar-refractivity contribution in [2.75, 3.05) is 30.9 Å². The van der Waals surface area contributed by atoms with Crippen molar-refractivity contribution in [2.24, 2.45) is 0 Å². The standard InChI is InChI=1S/C17H17ClN2O4/c1-20(2)13-6-4-12(5-7-13)19-16(22)10-24-17(23)14-8-3-11(18)9-15(14)21/h3-9,21H,10H2,1-2H3,(H,19,22). The van der Waals surface area contributed by atoms with Crippen LogP contribution in [0.4, 0.5) is 11.4 Å². The first kappa shape index (κ1) is 17.6. The predicted octanol–water partition coefficient (Wildman–Crippen LogP) is 2.91. The summed E-state index contributed by atoms with van der Waals surface area (Å²) in [6.45, 7) is -0.462. The van der Waals surface area contributed by atoms with Crippen LogP contribution < -0.4 is 10.2 Å². The van der Waals surface area contributed by atoms with E-state index < -0.39 is 18.5 Å². The van der Waals surface area contributed by atoms with Gasteiger partial charge in [-0.3, -0.25) is 4.79 Å². The van der Waals surface area contributed by atoms with Crippen LogP contribution in [0, 0.1) is 0 Å². The number of hydrogen-bond donors (Lipinski definition) is 2. The summed E-state index contributed by atoms with van der Waals surface area (Å²) in [5.41, 5.74) is 1.54. The van der Waals surface area contributed by atoms with E-state index in [-0.39, 0.29) is 11.3 Å². The van der Waals surface area contributed by atoms with Crippen molar-refractivity contribution in [1.82, 2.24) is 0 Å². The Morgan fingerprint density at radius 1 is 1.17 bits per heavy atom. The Hall–Kier alpha value is -2.73. The highest BCUT2D eigenvalue weighted by Crippen LogP contribution is 2.22. The number of phenolic OH excluding ortho intramolecular Hbond substituents is 1. The van der Waals surface area contributed by atoms with Crippen LogP contribution in [0.3, 0.4) is 0 Å². The maximum atomic E-state index is 11.8. The topological polar surface area (TPSA) is 78.9 Å². The number of anilines is 2. The number of hydrogen-bond acceptors (Lipinski definition) is 5. The molecular weight excluding hydrogens is 332 g/mol. The average Bonchev–Trinajstić information content (AvgIpc) is 2.53. The van der Waals surface area contributed by atoms with Crippen molar-refractivity contribution in [3.05, 3.63) is 53.1 Å². The molecule has 0 aromatic heterocycles. The molecule has 0 atom stereocenters. The first-order chi connectivity index (χ1) is 11.4. The zero-order valence-corrected chi connectivity index (χ0v) is 14.0. The minimum absolute atomic E-state index is 0.0532. The molecule has 1 amide bonds. The second kappa shape index (κ2) is 7.70. The third kappa shape index (κ3) is 4.63. The molecule has 0 bridgehead atoms. The first-order valence-electron chi connectivity index (χ1n) is 7.09. The molecule has 2 rings (SSSR count). The Bertz CT molecular complexity index is 745. The highest BCUT2D eigenvalue weighted by Gasteiger charge is 2.14. The van der Waals surface area contributed by atoms with Crippen LogP contribution in [0.5, 0.6) is 5.75 Å². The zero-order valence-electron chi connectivity index (χ0n) is 13.2. The van der Waals surface area contributed by atoms with Crippen molar-refractivity contribution >= 4 is 34.9 Å². The van der Waals surface area contributed by atoms with Crippen LogP contribution in [-0.4, -0.2) is 37.7 Å². The number of carbonyl (C=O) groups is 2. The summed E-state index contributed by atoms with van der Waals surface area (Å²) >= 11 is 5.69. The molecular formula is C17H17ClN2O4. The molecule has 0 unspecified atom stereocenters. The van der Waals surface area contributed by atoms with E-state index in [2.05, 4.69) is 5.32 Å². The summed E-state index contributed by atoms with van der Waals surface area (Å²) in [6.07, 6.45) is 0. The number of benzene rings is 2. The van der Waals surface area contributed by atoms with Crippen LogP contribution in [-0.2, 0) is 9.53 Å². The van der Waals surface area contributed by atoms with E-state index in [1.54, 1.807) is 12.1 Å². The van der Waals surface area contributed by atoms with Gasteiger partial charge in [-0.25, -0.2) is 4.79 Å². The van der Waals surface area contributed by atoms with Gasteiger partial charge in [0.2, 0.25) is 0 Å². The number of phenols is 1. The number of carbonyl (C=O) groups excluding carboxylic acids is 2. The molecule has 126 valence electrons. The summed E-state index contributed by atoms with van der Waals surface area (Å²) in [5, 5.41) is 12.6. The van der Waals surface area contributed by atoms with Crippen LogP contribution >= 0.6 is 11.6 Å². The van der Waals surface area contributed by atoms with E-state index in [4.69, 9.17) is 16.3 Å². The van der Waals surface area contributed by atoms with Gasteiger partial charge in [0.25, 0.3) is 5.91 Å². The highest BCUT2D eigenvalue weighted by molar-refractivity contribution is 6.30. The van der Waals surface area contributed by atoms with Crippen molar-refractivity contribution < 1.29 is 19.4 Å². The maximum Gasteiger partial charge on any atom is 0.342 e. The SMILES string of the molecule is CN(C)c1ccc(NC(=O)COC(=O)c2ccc(Cl)cc2O)cc1. The molecule has 0 heterocycles. The number of esters is 1. The molecule has 0 saturated carbocycles. The molecule has 0 spiro atoms. The molecule has 2 aromatic rings. The lowest BCUT2D eigenvalue weighted by atomic mass is 10.2. The monoisotopic (exact) mass is 348 g/mol. The van der Waals surface area contributed by atoms with Crippen molar-refractivity contribution in [2.45, 2.75) is 0 Å². The molecule has 2 aromatic carbocycles. The maximum absolute atomic E-state index is 11.8. The van der Waals surface area contributed by atoms with E-state index in [0.717, 1.165) is 5.69 Å². The van der Waals surface area contributed by atoms with Crippen molar-refractivity contribution in [3.8, 4) is 5.75 Å². The lowest BCUT2D eigenvalue weighted by Gasteiger charge is -2.13. The molecule has 6 nitrogen and oxygen atoms in total. The fourth-order valence-electron chi connectivity index (χ4n) is 1.93. The number of ether oxygens (including phenoxy) is 1. The van der Waals surface area contributed by atoms with Crippen LogP contribution in [0.15, 0.2) is 42.5 Å². The van der Waals surface area contributed by atoms with E-state index in [9.17, 15) is 14.7 Å². The number of rotatable bonds is 5. The normalized spacial score (nSPS) is 10.1. The van der Waals surface area contributed by atoms with Gasteiger partial charge in [0, 0.05) is 30.5 Å². The highest BCUT2D eigenvalue weighted by atomic mass is 35.5. The molecule has 0 fully saturated rings. The molecule has 0 saturated heterocycles.